The molecule has 1 N–H and O–H groups in total. The van der Waals surface area contributed by atoms with Crippen LogP contribution >= 0.6 is 11.3 Å². The molecule has 2 fully saturated rings. The van der Waals surface area contributed by atoms with Crippen molar-refractivity contribution in [3.63, 3.8) is 0 Å². The molecule has 1 saturated carbocycles. The summed E-state index contributed by atoms with van der Waals surface area (Å²) in [5.74, 6) is 2.24. The van der Waals surface area contributed by atoms with E-state index in [1.807, 2.05) is 6.92 Å². The highest BCUT2D eigenvalue weighted by molar-refractivity contribution is 7.15. The van der Waals surface area contributed by atoms with Crippen molar-refractivity contribution in [2.75, 3.05) is 25.0 Å². The second-order valence-electron chi connectivity index (χ2n) is 5.83. The molecule has 2 aromatic heterocycles. The molecule has 1 aliphatic carbocycles. The average Bonchev–Trinajstić information content (AvgIpc) is 3.04. The summed E-state index contributed by atoms with van der Waals surface area (Å²) in [5.41, 5.74) is 0. The van der Waals surface area contributed by atoms with Crippen LogP contribution < -0.4 is 5.32 Å². The number of likely N-dealkylation sites (tertiary alicyclic amines) is 1. The molecule has 22 heavy (non-hydrogen) atoms. The molecule has 1 saturated heterocycles. The first kappa shape index (κ1) is 13.8. The normalized spacial score (nSPS) is 19.1. The number of carbonyl (C=O) groups excluding carboxylic acids is 1. The summed E-state index contributed by atoms with van der Waals surface area (Å²) in [4.78, 5) is 18.4. The van der Waals surface area contributed by atoms with Gasteiger partial charge in [0.25, 0.3) is 0 Å². The van der Waals surface area contributed by atoms with E-state index in [4.69, 9.17) is 4.52 Å². The minimum Gasteiger partial charge on any atom is -0.339 e. The van der Waals surface area contributed by atoms with Crippen molar-refractivity contribution < 1.29 is 9.32 Å². The number of aromatic nitrogens is 4. The maximum atomic E-state index is 11.9. The minimum absolute atomic E-state index is 0.0706. The highest BCUT2D eigenvalue weighted by atomic mass is 32.1. The number of anilines is 1. The van der Waals surface area contributed by atoms with Crippen molar-refractivity contribution in [3.05, 3.63) is 16.7 Å². The summed E-state index contributed by atoms with van der Waals surface area (Å²) in [6.07, 6.45) is 2.34. The Labute approximate surface area is 130 Å². The van der Waals surface area contributed by atoms with Crippen molar-refractivity contribution in [2.45, 2.75) is 31.6 Å². The Balaban J connectivity index is 1.25. The fourth-order valence-electron chi connectivity index (χ4n) is 2.48. The molecule has 3 heterocycles. The molecular formula is C13H16N6O2S. The van der Waals surface area contributed by atoms with Gasteiger partial charge < -0.3 is 4.52 Å². The van der Waals surface area contributed by atoms with Crippen LogP contribution in [0.3, 0.4) is 0 Å². The number of hydrogen-bond acceptors (Lipinski definition) is 8. The van der Waals surface area contributed by atoms with Crippen LogP contribution in [0, 0.1) is 6.92 Å². The molecule has 0 unspecified atom stereocenters. The molecule has 9 heteroatoms. The predicted molar refractivity (Wildman–Crippen MR) is 78.7 cm³/mol. The first-order valence-corrected chi connectivity index (χ1v) is 8.15. The van der Waals surface area contributed by atoms with Crippen molar-refractivity contribution >= 4 is 22.4 Å². The third-order valence-electron chi connectivity index (χ3n) is 3.85. The van der Waals surface area contributed by atoms with Gasteiger partial charge in [0, 0.05) is 19.0 Å². The van der Waals surface area contributed by atoms with E-state index in [-0.39, 0.29) is 11.8 Å². The standard InChI is InChI=1S/C13H16N6O2S/c1-7-16-17-13(22-7)14-10(20)6-19-4-9(5-19)12-15-11(18-21-12)8-2-3-8/h8-9H,2-6H2,1H3,(H,14,17,20). The molecule has 4 rings (SSSR count). The minimum atomic E-state index is -0.0706. The van der Waals surface area contributed by atoms with Crippen LogP contribution in [-0.4, -0.2) is 50.8 Å². The summed E-state index contributed by atoms with van der Waals surface area (Å²) in [6.45, 7) is 3.75. The molecule has 116 valence electrons. The number of hydrogen-bond donors (Lipinski definition) is 1. The molecule has 0 bridgehead atoms. The fraction of sp³-hybridized carbons (Fsp3) is 0.615. The quantitative estimate of drug-likeness (QED) is 0.882. The van der Waals surface area contributed by atoms with E-state index in [0.717, 1.165) is 23.9 Å². The fourth-order valence-corrected chi connectivity index (χ4v) is 3.09. The third-order valence-corrected chi connectivity index (χ3v) is 4.60. The summed E-state index contributed by atoms with van der Waals surface area (Å²) >= 11 is 1.37. The monoisotopic (exact) mass is 320 g/mol. The van der Waals surface area contributed by atoms with Crippen LogP contribution in [0.5, 0.6) is 0 Å². The van der Waals surface area contributed by atoms with Gasteiger partial charge in [0.15, 0.2) is 5.82 Å². The third kappa shape index (κ3) is 2.86. The van der Waals surface area contributed by atoms with E-state index in [9.17, 15) is 4.79 Å². The Bertz CT molecular complexity index is 688. The molecule has 0 radical (unpaired) electrons. The number of nitrogens with one attached hydrogen (secondary N) is 1. The Morgan fingerprint density at radius 3 is 2.86 bits per heavy atom. The van der Waals surface area contributed by atoms with Crippen LogP contribution in [0.4, 0.5) is 5.13 Å². The average molecular weight is 320 g/mol. The predicted octanol–water partition coefficient (Wildman–Crippen LogP) is 1.14. The molecule has 0 atom stereocenters. The summed E-state index contributed by atoms with van der Waals surface area (Å²) in [6, 6.07) is 0. The lowest BCUT2D eigenvalue weighted by Gasteiger charge is -2.36. The summed E-state index contributed by atoms with van der Waals surface area (Å²) < 4.78 is 5.32. The lowest BCUT2D eigenvalue weighted by atomic mass is 10.0. The van der Waals surface area contributed by atoms with Gasteiger partial charge in [-0.05, 0) is 19.8 Å². The largest absolute Gasteiger partial charge is 0.339 e. The van der Waals surface area contributed by atoms with Crippen molar-refractivity contribution in [3.8, 4) is 0 Å². The maximum Gasteiger partial charge on any atom is 0.240 e. The lowest BCUT2D eigenvalue weighted by molar-refractivity contribution is -0.118. The number of amides is 1. The Hall–Kier alpha value is -1.87. The van der Waals surface area contributed by atoms with E-state index in [1.165, 1.54) is 24.2 Å². The van der Waals surface area contributed by atoms with Gasteiger partial charge in [0.1, 0.15) is 5.01 Å². The lowest BCUT2D eigenvalue weighted by Crippen LogP contribution is -2.48. The molecule has 2 aromatic rings. The molecule has 1 aliphatic heterocycles. The van der Waals surface area contributed by atoms with Crippen LogP contribution in [0.25, 0.3) is 0 Å². The number of nitrogens with zero attached hydrogens (tertiary/aromatic N) is 5. The van der Waals surface area contributed by atoms with Crippen LogP contribution in [-0.2, 0) is 4.79 Å². The molecular weight excluding hydrogens is 304 g/mol. The molecule has 0 spiro atoms. The van der Waals surface area contributed by atoms with E-state index in [0.29, 0.717) is 23.5 Å². The van der Waals surface area contributed by atoms with Gasteiger partial charge in [-0.1, -0.05) is 16.5 Å². The van der Waals surface area contributed by atoms with Crippen LogP contribution in [0.15, 0.2) is 4.52 Å². The van der Waals surface area contributed by atoms with Gasteiger partial charge in [-0.2, -0.15) is 4.98 Å². The zero-order valence-electron chi connectivity index (χ0n) is 12.2. The van der Waals surface area contributed by atoms with Crippen molar-refractivity contribution in [1.82, 2.24) is 25.2 Å². The molecule has 0 aromatic carbocycles. The first-order chi connectivity index (χ1) is 10.7. The van der Waals surface area contributed by atoms with Gasteiger partial charge in [-0.3, -0.25) is 15.0 Å². The Kier molecular flexibility index (Phi) is 3.38. The van der Waals surface area contributed by atoms with Crippen LogP contribution in [0.2, 0.25) is 0 Å². The number of rotatable bonds is 5. The second-order valence-corrected chi connectivity index (χ2v) is 7.01. The van der Waals surface area contributed by atoms with E-state index in [1.54, 1.807) is 0 Å². The topological polar surface area (TPSA) is 97.0 Å². The van der Waals surface area contributed by atoms with Crippen molar-refractivity contribution in [1.29, 1.82) is 0 Å². The van der Waals surface area contributed by atoms with Gasteiger partial charge in [0.05, 0.1) is 12.5 Å². The zero-order valence-corrected chi connectivity index (χ0v) is 13.0. The van der Waals surface area contributed by atoms with E-state index >= 15 is 0 Å². The highest BCUT2D eigenvalue weighted by Crippen LogP contribution is 2.39. The van der Waals surface area contributed by atoms with Gasteiger partial charge in [0.2, 0.25) is 16.9 Å². The van der Waals surface area contributed by atoms with E-state index < -0.39 is 0 Å². The number of carbonyl (C=O) groups is 1. The first-order valence-electron chi connectivity index (χ1n) is 7.33. The highest BCUT2D eigenvalue weighted by Gasteiger charge is 2.35. The maximum absolute atomic E-state index is 11.9. The van der Waals surface area contributed by atoms with E-state index in [2.05, 4.69) is 30.6 Å². The van der Waals surface area contributed by atoms with Crippen LogP contribution in [0.1, 0.15) is 41.4 Å². The Morgan fingerprint density at radius 2 is 2.18 bits per heavy atom. The molecule has 1 amide bonds. The Morgan fingerprint density at radius 1 is 1.36 bits per heavy atom. The second kappa shape index (κ2) is 5.40. The summed E-state index contributed by atoms with van der Waals surface area (Å²) in [7, 11) is 0. The van der Waals surface area contributed by atoms with Crippen molar-refractivity contribution in [2.24, 2.45) is 0 Å². The molecule has 8 nitrogen and oxygen atoms in total. The summed E-state index contributed by atoms with van der Waals surface area (Å²) in [5, 5.41) is 15.9. The van der Waals surface area contributed by atoms with Gasteiger partial charge >= 0.3 is 0 Å². The number of aryl methyl sites for hydroxylation is 1. The molecule has 2 aliphatic rings. The van der Waals surface area contributed by atoms with Gasteiger partial charge in [-0.25, -0.2) is 0 Å². The zero-order chi connectivity index (χ0) is 15.1. The SMILES string of the molecule is Cc1nnc(NC(=O)CN2CC(c3nc(C4CC4)no3)C2)s1. The smallest absolute Gasteiger partial charge is 0.240 e. The van der Waals surface area contributed by atoms with Gasteiger partial charge in [-0.15, -0.1) is 10.2 Å².